The highest BCUT2D eigenvalue weighted by Crippen LogP contribution is 2.28. The van der Waals surface area contributed by atoms with Crippen LogP contribution in [0.3, 0.4) is 0 Å². The molecule has 0 amide bonds. The lowest BCUT2D eigenvalue weighted by molar-refractivity contribution is 0.552. The lowest BCUT2D eigenvalue weighted by atomic mass is 10.0. The van der Waals surface area contributed by atoms with Gasteiger partial charge in [0.25, 0.3) is 0 Å². The first kappa shape index (κ1) is 13.9. The molecule has 0 bridgehead atoms. The summed E-state index contributed by atoms with van der Waals surface area (Å²) >= 11 is 6.11. The van der Waals surface area contributed by atoms with E-state index in [0.717, 1.165) is 0 Å². The molecule has 0 nitrogen and oxygen atoms in total. The van der Waals surface area contributed by atoms with Gasteiger partial charge in [-0.05, 0) is 42.7 Å². The fourth-order valence-corrected chi connectivity index (χ4v) is 2.12. The van der Waals surface area contributed by atoms with Gasteiger partial charge in [-0.15, -0.1) is 11.6 Å². The van der Waals surface area contributed by atoms with E-state index in [9.17, 15) is 13.2 Å². The summed E-state index contributed by atoms with van der Waals surface area (Å²) in [5, 5.41) is -0.679. The molecule has 4 heteroatoms. The molecular formula is C15H12ClF3. The van der Waals surface area contributed by atoms with Crippen molar-refractivity contribution in [3.8, 4) is 0 Å². The maximum Gasteiger partial charge on any atom is 0.129 e. The number of halogens is 4. The van der Waals surface area contributed by atoms with Crippen LogP contribution in [-0.4, -0.2) is 0 Å². The normalized spacial score (nSPS) is 12.5. The van der Waals surface area contributed by atoms with E-state index in [0.29, 0.717) is 11.1 Å². The third-order valence-electron chi connectivity index (χ3n) is 3.00. The second kappa shape index (κ2) is 5.66. The Hall–Kier alpha value is -1.48. The van der Waals surface area contributed by atoms with Gasteiger partial charge in [-0.2, -0.15) is 0 Å². The van der Waals surface area contributed by atoms with Crippen molar-refractivity contribution in [2.75, 3.05) is 0 Å². The molecule has 2 aromatic rings. The van der Waals surface area contributed by atoms with Crippen LogP contribution >= 0.6 is 11.6 Å². The van der Waals surface area contributed by atoms with Gasteiger partial charge in [0, 0.05) is 5.56 Å². The van der Waals surface area contributed by atoms with E-state index < -0.39 is 17.0 Å². The Balaban J connectivity index is 2.25. The average molecular weight is 285 g/mol. The van der Waals surface area contributed by atoms with Crippen LogP contribution < -0.4 is 0 Å². The third-order valence-corrected chi connectivity index (χ3v) is 3.41. The van der Waals surface area contributed by atoms with Crippen LogP contribution in [0.1, 0.15) is 22.1 Å². The van der Waals surface area contributed by atoms with Crippen molar-refractivity contribution >= 4 is 11.6 Å². The van der Waals surface area contributed by atoms with E-state index in [1.165, 1.54) is 24.3 Å². The second-order valence-electron chi connectivity index (χ2n) is 4.38. The molecule has 0 saturated heterocycles. The first-order valence-corrected chi connectivity index (χ1v) is 6.25. The van der Waals surface area contributed by atoms with E-state index in [1.807, 2.05) is 0 Å². The Morgan fingerprint density at radius 3 is 2.21 bits per heavy atom. The summed E-state index contributed by atoms with van der Waals surface area (Å²) in [7, 11) is 0. The summed E-state index contributed by atoms with van der Waals surface area (Å²) in [4.78, 5) is 0. The maximum atomic E-state index is 13.5. The molecule has 2 rings (SSSR count). The van der Waals surface area contributed by atoms with Gasteiger partial charge >= 0.3 is 0 Å². The van der Waals surface area contributed by atoms with Crippen molar-refractivity contribution in [3.63, 3.8) is 0 Å². The van der Waals surface area contributed by atoms with E-state index in [-0.39, 0.29) is 17.8 Å². The van der Waals surface area contributed by atoms with Crippen LogP contribution in [-0.2, 0) is 6.42 Å². The molecule has 19 heavy (non-hydrogen) atoms. The van der Waals surface area contributed by atoms with Crippen LogP contribution in [0.5, 0.6) is 0 Å². The summed E-state index contributed by atoms with van der Waals surface area (Å²) in [5.74, 6) is -1.66. The summed E-state index contributed by atoms with van der Waals surface area (Å²) < 4.78 is 40.4. The predicted molar refractivity (Wildman–Crippen MR) is 69.8 cm³/mol. The zero-order chi connectivity index (χ0) is 14.0. The summed E-state index contributed by atoms with van der Waals surface area (Å²) in [5.41, 5.74) is 0.931. The van der Waals surface area contributed by atoms with Gasteiger partial charge in [0.15, 0.2) is 0 Å². The van der Waals surface area contributed by atoms with Crippen molar-refractivity contribution in [1.29, 1.82) is 0 Å². The predicted octanol–water partition coefficient (Wildman–Crippen LogP) is 4.93. The molecule has 0 N–H and O–H groups in total. The number of hydrogen-bond acceptors (Lipinski definition) is 0. The molecule has 0 aromatic heterocycles. The first-order valence-electron chi connectivity index (χ1n) is 5.82. The number of alkyl halides is 1. The monoisotopic (exact) mass is 284 g/mol. The fourth-order valence-electron chi connectivity index (χ4n) is 1.83. The van der Waals surface area contributed by atoms with Crippen molar-refractivity contribution < 1.29 is 13.2 Å². The second-order valence-corrected chi connectivity index (χ2v) is 4.91. The van der Waals surface area contributed by atoms with Gasteiger partial charge in [0.05, 0.1) is 5.38 Å². The number of benzene rings is 2. The van der Waals surface area contributed by atoms with Gasteiger partial charge in [-0.25, -0.2) is 13.2 Å². The Labute approximate surface area is 114 Å². The van der Waals surface area contributed by atoms with Gasteiger partial charge < -0.3 is 0 Å². The topological polar surface area (TPSA) is 0 Å². The largest absolute Gasteiger partial charge is 0.207 e. The van der Waals surface area contributed by atoms with Gasteiger partial charge in [0.1, 0.15) is 17.5 Å². The molecule has 0 saturated carbocycles. The summed E-state index contributed by atoms with van der Waals surface area (Å²) in [6.45, 7) is 1.64. The van der Waals surface area contributed by atoms with Crippen LogP contribution in [0.4, 0.5) is 13.2 Å². The molecule has 0 aliphatic heterocycles. The van der Waals surface area contributed by atoms with Crippen molar-refractivity contribution in [3.05, 3.63) is 70.5 Å². The standard InChI is InChI=1S/C15H12ClF3/c1-9-5-6-10(7-15(9)19)12(16)8-11-13(17)3-2-4-14(11)18/h2-7,12H,8H2,1H3. The quantitative estimate of drug-likeness (QED) is 0.701. The molecule has 1 atom stereocenters. The van der Waals surface area contributed by atoms with Gasteiger partial charge in [-0.3, -0.25) is 0 Å². The first-order chi connectivity index (χ1) is 8.99. The van der Waals surface area contributed by atoms with E-state index in [4.69, 9.17) is 11.6 Å². The smallest absolute Gasteiger partial charge is 0.129 e. The summed E-state index contributed by atoms with van der Waals surface area (Å²) in [6, 6.07) is 8.21. The Morgan fingerprint density at radius 1 is 1.00 bits per heavy atom. The highest BCUT2D eigenvalue weighted by Gasteiger charge is 2.16. The SMILES string of the molecule is Cc1ccc(C(Cl)Cc2c(F)cccc2F)cc1F. The zero-order valence-electron chi connectivity index (χ0n) is 10.3. The molecule has 0 spiro atoms. The zero-order valence-corrected chi connectivity index (χ0v) is 11.0. The average Bonchev–Trinajstić information content (AvgIpc) is 2.37. The highest BCUT2D eigenvalue weighted by atomic mass is 35.5. The van der Waals surface area contributed by atoms with E-state index >= 15 is 0 Å². The number of rotatable bonds is 3. The molecule has 1 unspecified atom stereocenters. The molecule has 0 aliphatic carbocycles. The van der Waals surface area contributed by atoms with Crippen LogP contribution in [0, 0.1) is 24.4 Å². The molecule has 2 aromatic carbocycles. The van der Waals surface area contributed by atoms with Gasteiger partial charge in [-0.1, -0.05) is 18.2 Å². The lowest BCUT2D eigenvalue weighted by Gasteiger charge is -2.12. The lowest BCUT2D eigenvalue weighted by Crippen LogP contribution is -2.02. The Kier molecular flexibility index (Phi) is 4.15. The van der Waals surface area contributed by atoms with Crippen molar-refractivity contribution in [2.24, 2.45) is 0 Å². The fraction of sp³-hybridized carbons (Fsp3) is 0.200. The molecule has 0 aliphatic rings. The number of aryl methyl sites for hydroxylation is 1. The minimum atomic E-state index is -0.679. The molecule has 100 valence electrons. The van der Waals surface area contributed by atoms with Crippen molar-refractivity contribution in [2.45, 2.75) is 18.7 Å². The van der Waals surface area contributed by atoms with E-state index in [1.54, 1.807) is 19.1 Å². The molecule has 0 fully saturated rings. The summed E-state index contributed by atoms with van der Waals surface area (Å²) in [6.07, 6.45) is -0.0252. The maximum absolute atomic E-state index is 13.5. The minimum Gasteiger partial charge on any atom is -0.207 e. The number of hydrogen-bond donors (Lipinski definition) is 0. The Morgan fingerprint density at radius 2 is 1.63 bits per heavy atom. The van der Waals surface area contributed by atoms with Crippen molar-refractivity contribution in [1.82, 2.24) is 0 Å². The molecule has 0 heterocycles. The third kappa shape index (κ3) is 3.10. The van der Waals surface area contributed by atoms with E-state index in [2.05, 4.69) is 0 Å². The molecular weight excluding hydrogens is 273 g/mol. The minimum absolute atomic E-state index is 0.0252. The van der Waals surface area contributed by atoms with Gasteiger partial charge in [0.2, 0.25) is 0 Å². The van der Waals surface area contributed by atoms with Crippen LogP contribution in [0.15, 0.2) is 36.4 Å². The molecule has 0 radical (unpaired) electrons. The van der Waals surface area contributed by atoms with Crippen LogP contribution in [0.25, 0.3) is 0 Å². The highest BCUT2D eigenvalue weighted by molar-refractivity contribution is 6.20. The van der Waals surface area contributed by atoms with Crippen LogP contribution in [0.2, 0.25) is 0 Å². The Bertz CT molecular complexity index is 576.